The van der Waals surface area contributed by atoms with E-state index in [1.807, 2.05) is 13.8 Å². The van der Waals surface area contributed by atoms with E-state index < -0.39 is 26.4 Å². The van der Waals surface area contributed by atoms with Crippen LogP contribution in [-0.2, 0) is 10.0 Å². The highest BCUT2D eigenvalue weighted by molar-refractivity contribution is 7.89. The molecule has 102 valence electrons. The zero-order chi connectivity index (χ0) is 13.8. The van der Waals surface area contributed by atoms with Gasteiger partial charge in [-0.2, -0.15) is 0 Å². The van der Waals surface area contributed by atoms with E-state index in [0.717, 1.165) is 6.07 Å². The van der Waals surface area contributed by atoms with E-state index in [9.17, 15) is 12.8 Å². The number of aromatic nitrogens is 1. The molecule has 0 bridgehead atoms. The predicted molar refractivity (Wildman–Crippen MR) is 66.9 cm³/mol. The quantitative estimate of drug-likeness (QED) is 0.811. The molecule has 0 aliphatic rings. The van der Waals surface area contributed by atoms with Crippen LogP contribution in [0.3, 0.4) is 0 Å². The molecule has 7 heteroatoms. The first-order valence-corrected chi connectivity index (χ1v) is 7.22. The molecule has 0 spiro atoms. The zero-order valence-corrected chi connectivity index (χ0v) is 11.3. The molecular formula is C11H18FN3O2S. The van der Waals surface area contributed by atoms with Crippen molar-refractivity contribution in [2.24, 2.45) is 5.73 Å². The van der Waals surface area contributed by atoms with E-state index in [-0.39, 0.29) is 6.54 Å². The topological polar surface area (TPSA) is 85.1 Å². The highest BCUT2D eigenvalue weighted by Gasteiger charge is 2.26. The van der Waals surface area contributed by atoms with Crippen molar-refractivity contribution in [3.8, 4) is 0 Å². The van der Waals surface area contributed by atoms with Gasteiger partial charge in [-0.1, -0.05) is 13.8 Å². The molecule has 3 N–H and O–H groups in total. The van der Waals surface area contributed by atoms with Crippen molar-refractivity contribution < 1.29 is 12.8 Å². The van der Waals surface area contributed by atoms with Crippen molar-refractivity contribution in [1.29, 1.82) is 0 Å². The summed E-state index contributed by atoms with van der Waals surface area (Å²) in [4.78, 5) is 3.54. The van der Waals surface area contributed by atoms with Gasteiger partial charge < -0.3 is 5.73 Å². The maximum absolute atomic E-state index is 13.4. The number of hydrogen-bond acceptors (Lipinski definition) is 4. The molecule has 0 aromatic carbocycles. The van der Waals surface area contributed by atoms with E-state index in [1.54, 1.807) is 0 Å². The van der Waals surface area contributed by atoms with Crippen LogP contribution in [0.2, 0.25) is 0 Å². The van der Waals surface area contributed by atoms with Crippen LogP contribution in [0.4, 0.5) is 4.39 Å². The monoisotopic (exact) mass is 275 g/mol. The summed E-state index contributed by atoms with van der Waals surface area (Å²) in [5, 5.41) is -0.598. The lowest BCUT2D eigenvalue weighted by Crippen LogP contribution is -2.49. The first-order chi connectivity index (χ1) is 8.34. The molecule has 0 aliphatic carbocycles. The van der Waals surface area contributed by atoms with Gasteiger partial charge in [-0.3, -0.25) is 0 Å². The first-order valence-electron chi connectivity index (χ1n) is 5.73. The Balaban J connectivity index is 2.88. The number of nitrogens with two attached hydrogens (primary N) is 1. The van der Waals surface area contributed by atoms with Crippen LogP contribution in [-0.4, -0.2) is 25.5 Å². The molecule has 0 amide bonds. The lowest BCUT2D eigenvalue weighted by Gasteiger charge is -2.26. The molecule has 0 saturated carbocycles. The fraction of sp³-hybridized carbons (Fsp3) is 0.545. The number of sulfonamides is 1. The second kappa shape index (κ2) is 5.73. The number of nitrogens with one attached hydrogen (secondary N) is 1. The first kappa shape index (κ1) is 15.0. The highest BCUT2D eigenvalue weighted by Crippen LogP contribution is 2.13. The lowest BCUT2D eigenvalue weighted by molar-refractivity contribution is 0.391. The predicted octanol–water partition coefficient (Wildman–Crippen LogP) is 1.02. The van der Waals surface area contributed by atoms with Gasteiger partial charge in [-0.05, 0) is 25.0 Å². The molecule has 18 heavy (non-hydrogen) atoms. The van der Waals surface area contributed by atoms with Crippen LogP contribution in [0.5, 0.6) is 0 Å². The van der Waals surface area contributed by atoms with Gasteiger partial charge in [0.2, 0.25) is 5.03 Å². The Labute approximate surface area is 107 Å². The van der Waals surface area contributed by atoms with Crippen molar-refractivity contribution in [1.82, 2.24) is 9.71 Å². The maximum Gasteiger partial charge on any atom is 0.261 e. The molecule has 1 rings (SSSR count). The summed E-state index contributed by atoms with van der Waals surface area (Å²) < 4.78 is 39.4. The molecule has 0 aliphatic heterocycles. The molecule has 0 saturated heterocycles. The average molecular weight is 275 g/mol. The normalized spacial score (nSPS) is 12.7. The van der Waals surface area contributed by atoms with Gasteiger partial charge in [0, 0.05) is 18.3 Å². The van der Waals surface area contributed by atoms with Crippen molar-refractivity contribution >= 4 is 10.0 Å². The highest BCUT2D eigenvalue weighted by atomic mass is 32.2. The number of halogens is 1. The second-order valence-corrected chi connectivity index (χ2v) is 5.87. The van der Waals surface area contributed by atoms with Gasteiger partial charge in [0.05, 0.1) is 0 Å². The summed E-state index contributed by atoms with van der Waals surface area (Å²) in [6.07, 6.45) is 2.47. The molecule has 0 atom stereocenters. The minimum atomic E-state index is -3.96. The van der Waals surface area contributed by atoms with Gasteiger partial charge in [0.1, 0.15) is 0 Å². The molecule has 0 fully saturated rings. The Kier molecular flexibility index (Phi) is 4.78. The van der Waals surface area contributed by atoms with E-state index in [0.29, 0.717) is 12.8 Å². The molecule has 0 radical (unpaired) electrons. The maximum atomic E-state index is 13.4. The third kappa shape index (κ3) is 3.47. The zero-order valence-electron chi connectivity index (χ0n) is 10.5. The number of nitrogens with zero attached hydrogens (tertiary/aromatic N) is 1. The largest absolute Gasteiger partial charge is 0.324 e. The average Bonchev–Trinajstić information content (AvgIpc) is 2.36. The summed E-state index contributed by atoms with van der Waals surface area (Å²) >= 11 is 0. The smallest absolute Gasteiger partial charge is 0.261 e. The van der Waals surface area contributed by atoms with E-state index in [2.05, 4.69) is 9.71 Å². The van der Waals surface area contributed by atoms with Crippen molar-refractivity contribution in [2.45, 2.75) is 37.3 Å². The number of hydrogen-bond donors (Lipinski definition) is 2. The molecule has 1 aromatic rings. The summed E-state index contributed by atoms with van der Waals surface area (Å²) in [5.74, 6) is -0.874. The Hall–Kier alpha value is -1.05. The molecule has 1 aromatic heterocycles. The van der Waals surface area contributed by atoms with E-state index in [4.69, 9.17) is 5.73 Å². The Morgan fingerprint density at radius 2 is 2.06 bits per heavy atom. The summed E-state index contributed by atoms with van der Waals surface area (Å²) in [7, 11) is -3.96. The Bertz CT molecular complexity index is 501. The number of rotatable bonds is 6. The van der Waals surface area contributed by atoms with Gasteiger partial charge in [-0.15, -0.1) is 0 Å². The van der Waals surface area contributed by atoms with Crippen molar-refractivity contribution in [3.05, 3.63) is 24.1 Å². The number of pyridine rings is 1. The van der Waals surface area contributed by atoms with Gasteiger partial charge in [0.15, 0.2) is 5.82 Å². The van der Waals surface area contributed by atoms with E-state index >= 15 is 0 Å². The Morgan fingerprint density at radius 3 is 2.56 bits per heavy atom. The molecule has 1 heterocycles. The van der Waals surface area contributed by atoms with Crippen LogP contribution < -0.4 is 10.5 Å². The standard InChI is InChI=1S/C11H18FN3O2S/c1-3-11(13,4-2)8-15-18(16,17)10-9(12)6-5-7-14-10/h5-7,15H,3-4,8,13H2,1-2H3. The van der Waals surface area contributed by atoms with Gasteiger partial charge in [-0.25, -0.2) is 22.5 Å². The molecule has 0 unspecified atom stereocenters. The van der Waals surface area contributed by atoms with Crippen LogP contribution in [0.25, 0.3) is 0 Å². The summed E-state index contributed by atoms with van der Waals surface area (Å²) in [6, 6.07) is 2.39. The minimum Gasteiger partial charge on any atom is -0.324 e. The van der Waals surface area contributed by atoms with Crippen molar-refractivity contribution in [2.75, 3.05) is 6.54 Å². The third-order valence-corrected chi connectivity index (χ3v) is 4.34. The fourth-order valence-electron chi connectivity index (χ4n) is 1.38. The van der Waals surface area contributed by atoms with Crippen LogP contribution in [0, 0.1) is 5.82 Å². The summed E-state index contributed by atoms with van der Waals surface area (Å²) in [5.41, 5.74) is 5.35. The fourth-order valence-corrected chi connectivity index (χ4v) is 2.51. The van der Waals surface area contributed by atoms with E-state index in [1.165, 1.54) is 12.3 Å². The third-order valence-electron chi connectivity index (χ3n) is 3.00. The van der Waals surface area contributed by atoms with Crippen LogP contribution in [0.15, 0.2) is 23.4 Å². The molecule has 5 nitrogen and oxygen atoms in total. The summed E-state index contributed by atoms with van der Waals surface area (Å²) in [6.45, 7) is 3.80. The molecular weight excluding hydrogens is 257 g/mol. The van der Waals surface area contributed by atoms with Gasteiger partial charge >= 0.3 is 0 Å². The SMILES string of the molecule is CCC(N)(CC)CNS(=O)(=O)c1ncccc1F. The lowest BCUT2D eigenvalue weighted by atomic mass is 9.95. The Morgan fingerprint density at radius 1 is 1.44 bits per heavy atom. The van der Waals surface area contributed by atoms with Crippen molar-refractivity contribution in [3.63, 3.8) is 0 Å². The van der Waals surface area contributed by atoms with Crippen LogP contribution >= 0.6 is 0 Å². The van der Waals surface area contributed by atoms with Crippen LogP contribution in [0.1, 0.15) is 26.7 Å². The second-order valence-electron chi connectivity index (χ2n) is 4.18. The van der Waals surface area contributed by atoms with Gasteiger partial charge in [0.25, 0.3) is 10.0 Å². The minimum absolute atomic E-state index is 0.0539.